The van der Waals surface area contributed by atoms with Gasteiger partial charge in [-0.3, -0.25) is 14.5 Å². The Kier molecular flexibility index (Phi) is 4.50. The predicted octanol–water partition coefficient (Wildman–Crippen LogP) is 3.36. The molecule has 1 atom stereocenters. The minimum absolute atomic E-state index is 0.224. The molecule has 4 nitrogen and oxygen atoms in total. The molecule has 0 aliphatic carbocycles. The predicted molar refractivity (Wildman–Crippen MR) is 89.6 cm³/mol. The van der Waals surface area contributed by atoms with Crippen molar-refractivity contribution in [2.24, 2.45) is 0 Å². The van der Waals surface area contributed by atoms with E-state index in [1.54, 1.807) is 31.4 Å². The van der Waals surface area contributed by atoms with Gasteiger partial charge in [0.05, 0.1) is 17.7 Å². The summed E-state index contributed by atoms with van der Waals surface area (Å²) in [6.07, 6.45) is 0. The third-order valence-electron chi connectivity index (χ3n) is 3.76. The maximum atomic E-state index is 12.4. The Labute approximate surface area is 139 Å². The van der Waals surface area contributed by atoms with E-state index < -0.39 is 0 Å². The summed E-state index contributed by atoms with van der Waals surface area (Å²) in [5.41, 5.74) is 1.81. The molecule has 0 N–H and O–H groups in total. The van der Waals surface area contributed by atoms with Crippen LogP contribution >= 0.6 is 11.8 Å². The number of fused-ring (bicyclic) bond motifs is 1. The summed E-state index contributed by atoms with van der Waals surface area (Å²) < 4.78 is 5.46. The molecule has 2 aromatic carbocycles. The van der Waals surface area contributed by atoms with Crippen molar-refractivity contribution in [3.8, 4) is 0 Å². The summed E-state index contributed by atoms with van der Waals surface area (Å²) in [5.74, 6) is -0.505. The first-order chi connectivity index (χ1) is 11.1. The average molecular weight is 327 g/mol. The van der Waals surface area contributed by atoms with Gasteiger partial charge < -0.3 is 4.74 Å². The third kappa shape index (κ3) is 3.16. The molecule has 1 heterocycles. The van der Waals surface area contributed by atoms with Crippen molar-refractivity contribution in [3.05, 3.63) is 65.2 Å². The zero-order valence-corrected chi connectivity index (χ0v) is 13.8. The van der Waals surface area contributed by atoms with Gasteiger partial charge in [-0.2, -0.15) is 0 Å². The molecule has 3 rings (SSSR count). The second-order valence-electron chi connectivity index (χ2n) is 5.36. The molecule has 0 spiro atoms. The lowest BCUT2D eigenvalue weighted by atomic mass is 10.1. The average Bonchev–Trinajstić information content (AvgIpc) is 2.81. The highest BCUT2D eigenvalue weighted by Crippen LogP contribution is 2.28. The van der Waals surface area contributed by atoms with E-state index >= 15 is 0 Å². The van der Waals surface area contributed by atoms with E-state index in [1.165, 1.54) is 22.2 Å². The number of aryl methyl sites for hydroxylation is 1. The Morgan fingerprint density at radius 3 is 2.09 bits per heavy atom. The number of carbonyl (C=O) groups excluding carboxylic acids is 2. The fourth-order valence-electron chi connectivity index (χ4n) is 2.48. The molecule has 0 aromatic heterocycles. The van der Waals surface area contributed by atoms with E-state index in [0.717, 1.165) is 4.90 Å². The number of carbonyl (C=O) groups is 2. The second kappa shape index (κ2) is 6.56. The Hall–Kier alpha value is -2.11. The number of imide groups is 1. The summed E-state index contributed by atoms with van der Waals surface area (Å²) in [6.45, 7) is 2.25. The quantitative estimate of drug-likeness (QED) is 0.480. The summed E-state index contributed by atoms with van der Waals surface area (Å²) in [5, 5.41) is 0. The number of nitrogens with zero attached hydrogens (tertiary/aromatic N) is 1. The van der Waals surface area contributed by atoms with Crippen LogP contribution in [0.2, 0.25) is 0 Å². The van der Waals surface area contributed by atoms with Gasteiger partial charge in [0.1, 0.15) is 5.44 Å². The van der Waals surface area contributed by atoms with Gasteiger partial charge in [0.25, 0.3) is 11.8 Å². The molecule has 0 saturated heterocycles. The number of hydrogen-bond donors (Lipinski definition) is 0. The van der Waals surface area contributed by atoms with E-state index in [4.69, 9.17) is 4.74 Å². The van der Waals surface area contributed by atoms with Crippen molar-refractivity contribution in [2.45, 2.75) is 17.3 Å². The van der Waals surface area contributed by atoms with Gasteiger partial charge in [0, 0.05) is 12.0 Å². The lowest BCUT2D eigenvalue weighted by Crippen LogP contribution is -2.36. The fourth-order valence-corrected chi connectivity index (χ4v) is 3.40. The largest absolute Gasteiger partial charge is 0.369 e. The van der Waals surface area contributed by atoms with Crippen LogP contribution < -0.4 is 0 Å². The first-order valence-corrected chi connectivity index (χ1v) is 8.19. The molecular formula is C18H17NO3S. The van der Waals surface area contributed by atoms with Crippen molar-refractivity contribution in [1.29, 1.82) is 0 Å². The van der Waals surface area contributed by atoms with Crippen LogP contribution in [0.1, 0.15) is 26.3 Å². The van der Waals surface area contributed by atoms with Crippen molar-refractivity contribution < 1.29 is 14.3 Å². The van der Waals surface area contributed by atoms with Crippen LogP contribution in [0.4, 0.5) is 0 Å². The highest BCUT2D eigenvalue weighted by molar-refractivity contribution is 7.99. The Bertz CT molecular complexity index is 707. The Morgan fingerprint density at radius 1 is 1.00 bits per heavy atom. The highest BCUT2D eigenvalue weighted by Gasteiger charge is 2.36. The van der Waals surface area contributed by atoms with Gasteiger partial charge in [0.15, 0.2) is 0 Å². The maximum absolute atomic E-state index is 12.4. The molecule has 1 unspecified atom stereocenters. The van der Waals surface area contributed by atoms with Crippen LogP contribution in [0.15, 0.2) is 53.4 Å². The van der Waals surface area contributed by atoms with E-state index in [1.807, 2.05) is 31.2 Å². The molecule has 1 aliphatic rings. The first-order valence-electron chi connectivity index (χ1n) is 7.31. The number of methoxy groups -OCH3 is 1. The topological polar surface area (TPSA) is 46.6 Å². The van der Waals surface area contributed by atoms with Gasteiger partial charge in [-0.15, -0.1) is 0 Å². The number of amides is 2. The molecule has 2 amide bonds. The number of rotatable bonds is 5. The molecule has 23 heavy (non-hydrogen) atoms. The second-order valence-corrected chi connectivity index (χ2v) is 6.60. The molecule has 5 heteroatoms. The zero-order valence-electron chi connectivity index (χ0n) is 13.0. The van der Waals surface area contributed by atoms with Gasteiger partial charge in [0.2, 0.25) is 0 Å². The summed E-state index contributed by atoms with van der Waals surface area (Å²) >= 11 is 1.50. The van der Waals surface area contributed by atoms with Crippen LogP contribution in [0.5, 0.6) is 0 Å². The molecular weight excluding hydrogens is 310 g/mol. The van der Waals surface area contributed by atoms with Crippen LogP contribution in [0.25, 0.3) is 0 Å². The smallest absolute Gasteiger partial charge is 0.261 e. The molecule has 0 bridgehead atoms. The molecule has 1 aliphatic heterocycles. The Balaban J connectivity index is 1.74. The minimum atomic E-state index is -0.306. The fraction of sp³-hybridized carbons (Fsp3) is 0.222. The van der Waals surface area contributed by atoms with Crippen molar-refractivity contribution in [2.75, 3.05) is 13.7 Å². The summed E-state index contributed by atoms with van der Waals surface area (Å²) in [7, 11) is 1.59. The van der Waals surface area contributed by atoms with Crippen LogP contribution in [0, 0.1) is 6.92 Å². The van der Waals surface area contributed by atoms with Crippen molar-refractivity contribution >= 4 is 23.6 Å². The van der Waals surface area contributed by atoms with Gasteiger partial charge >= 0.3 is 0 Å². The van der Waals surface area contributed by atoms with Crippen molar-refractivity contribution in [3.63, 3.8) is 0 Å². The molecule has 118 valence electrons. The molecule has 0 radical (unpaired) electrons. The summed E-state index contributed by atoms with van der Waals surface area (Å²) in [6, 6.07) is 15.0. The number of thioether (sulfide) groups is 1. The summed E-state index contributed by atoms with van der Waals surface area (Å²) in [4.78, 5) is 27.1. The zero-order chi connectivity index (χ0) is 16.4. The van der Waals surface area contributed by atoms with Crippen LogP contribution in [-0.4, -0.2) is 35.8 Å². The van der Waals surface area contributed by atoms with Gasteiger partial charge in [-0.05, 0) is 31.2 Å². The number of ether oxygens (including phenoxy) is 1. The standard InChI is InChI=1S/C18H17NO3S/c1-12-7-9-13(10-8-12)23-16(22-2)11-19-17(20)14-5-3-4-6-15(14)18(19)21/h3-10,16H,11H2,1-2H3. The van der Waals surface area contributed by atoms with Gasteiger partial charge in [-0.1, -0.05) is 41.6 Å². The monoisotopic (exact) mass is 327 g/mol. The first kappa shape index (κ1) is 15.8. The van der Waals surface area contributed by atoms with Crippen LogP contribution in [-0.2, 0) is 4.74 Å². The highest BCUT2D eigenvalue weighted by atomic mass is 32.2. The van der Waals surface area contributed by atoms with E-state index in [2.05, 4.69) is 0 Å². The SMILES string of the molecule is COC(CN1C(=O)c2ccccc2C1=O)Sc1ccc(C)cc1. The van der Waals surface area contributed by atoms with Crippen LogP contribution in [0.3, 0.4) is 0 Å². The molecule has 0 fully saturated rings. The maximum Gasteiger partial charge on any atom is 0.261 e. The van der Waals surface area contributed by atoms with E-state index in [0.29, 0.717) is 11.1 Å². The molecule has 2 aromatic rings. The Morgan fingerprint density at radius 2 is 1.57 bits per heavy atom. The minimum Gasteiger partial charge on any atom is -0.369 e. The third-order valence-corrected chi connectivity index (χ3v) is 4.91. The van der Waals surface area contributed by atoms with E-state index in [9.17, 15) is 9.59 Å². The number of hydrogen-bond acceptors (Lipinski definition) is 4. The normalized spacial score (nSPS) is 15.0. The van der Waals surface area contributed by atoms with E-state index in [-0.39, 0.29) is 23.8 Å². The van der Waals surface area contributed by atoms with Gasteiger partial charge in [-0.25, -0.2) is 0 Å². The van der Waals surface area contributed by atoms with Crippen molar-refractivity contribution in [1.82, 2.24) is 4.90 Å². The number of benzene rings is 2. The molecule has 0 saturated carbocycles. The lowest BCUT2D eigenvalue weighted by Gasteiger charge is -2.21. The lowest BCUT2D eigenvalue weighted by molar-refractivity contribution is 0.0576.